The molecule has 146 valence electrons. The van der Waals surface area contributed by atoms with Crippen LogP contribution < -0.4 is 0 Å². The standard InChI is InChI=1S/C18H26F6O/c1-11(2)14(10-15(3,4)5)12-6-8-13(9-7-12)16(25,17(19,20)21)18(22,23)24/h6,8-9,11-12,14,25H,7,10H2,1-5H3. The highest BCUT2D eigenvalue weighted by Crippen LogP contribution is 2.49. The Morgan fingerprint density at radius 2 is 1.52 bits per heavy atom. The largest absolute Gasteiger partial charge is 0.430 e. The van der Waals surface area contributed by atoms with E-state index in [0.717, 1.165) is 18.6 Å². The van der Waals surface area contributed by atoms with Gasteiger partial charge in [-0.2, -0.15) is 26.3 Å². The molecule has 0 radical (unpaired) electrons. The third kappa shape index (κ3) is 4.80. The Bertz CT molecular complexity index is 505. The molecule has 1 rings (SSSR count). The second-order valence-electron chi connectivity index (χ2n) is 8.30. The maximum Gasteiger partial charge on any atom is 0.430 e. The van der Waals surface area contributed by atoms with Gasteiger partial charge < -0.3 is 5.11 Å². The van der Waals surface area contributed by atoms with Crippen molar-refractivity contribution in [3.05, 3.63) is 23.8 Å². The van der Waals surface area contributed by atoms with Crippen molar-refractivity contribution in [2.45, 2.75) is 65.4 Å². The molecule has 2 unspecified atom stereocenters. The first-order valence-corrected chi connectivity index (χ1v) is 8.25. The van der Waals surface area contributed by atoms with Gasteiger partial charge in [-0.1, -0.05) is 52.8 Å². The average Bonchev–Trinajstić information content (AvgIpc) is 2.40. The van der Waals surface area contributed by atoms with Crippen LogP contribution in [-0.2, 0) is 0 Å². The summed E-state index contributed by atoms with van der Waals surface area (Å²) in [4.78, 5) is 0. The van der Waals surface area contributed by atoms with Crippen molar-refractivity contribution < 1.29 is 31.4 Å². The van der Waals surface area contributed by atoms with E-state index < -0.39 is 23.5 Å². The lowest BCUT2D eigenvalue weighted by molar-refractivity contribution is -0.351. The van der Waals surface area contributed by atoms with E-state index in [4.69, 9.17) is 0 Å². The molecule has 0 aliphatic heterocycles. The molecule has 1 N–H and O–H groups in total. The fourth-order valence-corrected chi connectivity index (χ4v) is 3.30. The summed E-state index contributed by atoms with van der Waals surface area (Å²) in [5, 5.41) is 9.46. The zero-order valence-electron chi connectivity index (χ0n) is 15.1. The molecule has 1 aliphatic rings. The summed E-state index contributed by atoms with van der Waals surface area (Å²) in [7, 11) is 0. The van der Waals surface area contributed by atoms with Crippen molar-refractivity contribution in [1.82, 2.24) is 0 Å². The first-order valence-electron chi connectivity index (χ1n) is 8.25. The first kappa shape index (κ1) is 22.1. The summed E-state index contributed by atoms with van der Waals surface area (Å²) in [6.07, 6.45) is -7.79. The molecule has 2 atom stereocenters. The van der Waals surface area contributed by atoms with E-state index in [9.17, 15) is 31.4 Å². The topological polar surface area (TPSA) is 20.2 Å². The maximum absolute atomic E-state index is 12.9. The fourth-order valence-electron chi connectivity index (χ4n) is 3.30. The minimum Gasteiger partial charge on any atom is -0.370 e. The van der Waals surface area contributed by atoms with Crippen molar-refractivity contribution in [3.63, 3.8) is 0 Å². The molecule has 0 aromatic carbocycles. The van der Waals surface area contributed by atoms with E-state index in [2.05, 4.69) is 0 Å². The van der Waals surface area contributed by atoms with E-state index in [1.54, 1.807) is 0 Å². The Morgan fingerprint density at radius 1 is 1.04 bits per heavy atom. The summed E-state index contributed by atoms with van der Waals surface area (Å²) >= 11 is 0. The second kappa shape index (κ2) is 6.97. The molecule has 0 saturated heterocycles. The van der Waals surface area contributed by atoms with Crippen LogP contribution in [0.25, 0.3) is 0 Å². The minimum atomic E-state index is -5.84. The molecule has 0 heterocycles. The Labute approximate surface area is 144 Å². The lowest BCUT2D eigenvalue weighted by atomic mass is 9.70. The quantitative estimate of drug-likeness (QED) is 0.595. The normalized spacial score (nSPS) is 21.5. The number of alkyl halides is 6. The van der Waals surface area contributed by atoms with E-state index in [0.29, 0.717) is 0 Å². The van der Waals surface area contributed by atoms with Gasteiger partial charge in [0, 0.05) is 0 Å². The van der Waals surface area contributed by atoms with Gasteiger partial charge in [-0.15, -0.1) is 0 Å². The minimum absolute atomic E-state index is 0.00849. The van der Waals surface area contributed by atoms with E-state index in [-0.39, 0.29) is 29.6 Å². The molecule has 0 saturated carbocycles. The van der Waals surface area contributed by atoms with Gasteiger partial charge in [-0.3, -0.25) is 0 Å². The van der Waals surface area contributed by atoms with Gasteiger partial charge in [0.2, 0.25) is 0 Å². The van der Waals surface area contributed by atoms with E-state index in [1.165, 1.54) is 6.08 Å². The highest BCUT2D eigenvalue weighted by Gasteiger charge is 2.71. The van der Waals surface area contributed by atoms with Crippen LogP contribution in [0.4, 0.5) is 26.3 Å². The Kier molecular flexibility index (Phi) is 6.15. The van der Waals surface area contributed by atoms with Gasteiger partial charge in [0.05, 0.1) is 0 Å². The van der Waals surface area contributed by atoms with Crippen LogP contribution in [0.5, 0.6) is 0 Å². The van der Waals surface area contributed by atoms with E-state index in [1.807, 2.05) is 34.6 Å². The van der Waals surface area contributed by atoms with Crippen LogP contribution in [0.2, 0.25) is 0 Å². The van der Waals surface area contributed by atoms with E-state index >= 15 is 0 Å². The van der Waals surface area contributed by atoms with Gasteiger partial charge in [0.1, 0.15) is 0 Å². The van der Waals surface area contributed by atoms with Crippen molar-refractivity contribution in [1.29, 1.82) is 0 Å². The average molecular weight is 372 g/mol. The van der Waals surface area contributed by atoms with Gasteiger partial charge in [0.25, 0.3) is 5.60 Å². The fraction of sp³-hybridized carbons (Fsp3) is 0.778. The Balaban J connectivity index is 3.11. The molecular weight excluding hydrogens is 346 g/mol. The predicted molar refractivity (Wildman–Crippen MR) is 84.8 cm³/mol. The van der Waals surface area contributed by atoms with Gasteiger partial charge in [-0.05, 0) is 41.6 Å². The number of rotatable bonds is 4. The number of halogens is 6. The van der Waals surface area contributed by atoms with Crippen molar-refractivity contribution in [2.75, 3.05) is 0 Å². The summed E-state index contributed by atoms with van der Waals surface area (Å²) in [6.45, 7) is 10.1. The summed E-state index contributed by atoms with van der Waals surface area (Å²) < 4.78 is 77.7. The molecule has 0 aromatic rings. The van der Waals surface area contributed by atoms with Gasteiger partial charge >= 0.3 is 12.4 Å². The molecule has 0 fully saturated rings. The van der Waals surface area contributed by atoms with Crippen molar-refractivity contribution in [2.24, 2.45) is 23.2 Å². The SMILES string of the molecule is CC(C)C(CC(C)(C)C)C1C=CC(C(O)(C(F)(F)F)C(F)(F)F)=CC1. The summed E-state index contributed by atoms with van der Waals surface area (Å²) in [5.74, 6) is 0.195. The zero-order chi connectivity index (χ0) is 19.8. The summed E-state index contributed by atoms with van der Waals surface area (Å²) in [5.41, 5.74) is -5.99. The summed E-state index contributed by atoms with van der Waals surface area (Å²) in [6, 6.07) is 0. The molecule has 0 bridgehead atoms. The Morgan fingerprint density at radius 3 is 1.80 bits per heavy atom. The molecule has 0 spiro atoms. The lowest BCUT2D eigenvalue weighted by Crippen LogP contribution is -2.58. The monoisotopic (exact) mass is 372 g/mol. The number of hydrogen-bond donors (Lipinski definition) is 1. The van der Waals surface area contributed by atoms with Crippen molar-refractivity contribution in [3.8, 4) is 0 Å². The van der Waals surface area contributed by atoms with Crippen LogP contribution in [0, 0.1) is 23.2 Å². The predicted octanol–water partition coefficient (Wildman–Crippen LogP) is 6.05. The molecule has 25 heavy (non-hydrogen) atoms. The zero-order valence-corrected chi connectivity index (χ0v) is 15.1. The van der Waals surface area contributed by atoms with Gasteiger partial charge in [0.15, 0.2) is 0 Å². The number of hydrogen-bond acceptors (Lipinski definition) is 1. The highest BCUT2D eigenvalue weighted by molar-refractivity contribution is 5.36. The maximum atomic E-state index is 12.9. The second-order valence-corrected chi connectivity index (χ2v) is 8.30. The molecule has 0 amide bonds. The smallest absolute Gasteiger partial charge is 0.370 e. The third-order valence-electron chi connectivity index (χ3n) is 4.63. The highest BCUT2D eigenvalue weighted by atomic mass is 19.4. The molecule has 7 heteroatoms. The van der Waals surface area contributed by atoms with Crippen LogP contribution in [-0.4, -0.2) is 23.1 Å². The first-order chi connectivity index (χ1) is 11.0. The molecular formula is C18H26F6O. The van der Waals surface area contributed by atoms with Crippen LogP contribution in [0.3, 0.4) is 0 Å². The van der Waals surface area contributed by atoms with Crippen LogP contribution >= 0.6 is 0 Å². The van der Waals surface area contributed by atoms with Crippen molar-refractivity contribution >= 4 is 0 Å². The third-order valence-corrected chi connectivity index (χ3v) is 4.63. The molecule has 0 aromatic heterocycles. The molecule has 1 nitrogen and oxygen atoms in total. The van der Waals surface area contributed by atoms with Gasteiger partial charge in [-0.25, -0.2) is 0 Å². The number of aliphatic hydroxyl groups is 1. The Hall–Kier alpha value is -0.980. The van der Waals surface area contributed by atoms with Crippen LogP contribution in [0.15, 0.2) is 23.8 Å². The number of allylic oxidation sites excluding steroid dienone is 2. The molecule has 1 aliphatic carbocycles. The van der Waals surface area contributed by atoms with Crippen LogP contribution in [0.1, 0.15) is 47.5 Å². The lowest BCUT2D eigenvalue weighted by Gasteiger charge is -2.37.